The molecule has 4 fully saturated rings. The van der Waals surface area contributed by atoms with E-state index in [9.17, 15) is 4.79 Å². The normalized spacial score (nSPS) is 34.1. The Bertz CT molecular complexity index is 586. The first-order valence-electron chi connectivity index (χ1n) is 10.3. The van der Waals surface area contributed by atoms with Crippen LogP contribution in [0.5, 0.6) is 0 Å². The number of aryl methyl sites for hydroxylation is 1. The van der Waals surface area contributed by atoms with Crippen molar-refractivity contribution in [1.82, 2.24) is 5.32 Å². The van der Waals surface area contributed by atoms with Gasteiger partial charge in [-0.15, -0.1) is 0 Å². The Morgan fingerprint density at radius 2 is 1.72 bits per heavy atom. The molecule has 0 aliphatic heterocycles. The summed E-state index contributed by atoms with van der Waals surface area (Å²) < 4.78 is 2.00. The van der Waals surface area contributed by atoms with Gasteiger partial charge in [-0.3, -0.25) is 4.79 Å². The molecule has 0 saturated heterocycles. The number of nitrogens with one attached hydrogen (secondary N) is 1. The largest absolute Gasteiger partial charge is 0.348 e. The summed E-state index contributed by atoms with van der Waals surface area (Å²) in [5.41, 5.74) is 1.74. The van der Waals surface area contributed by atoms with Crippen molar-refractivity contribution in [2.45, 2.75) is 77.8 Å². The van der Waals surface area contributed by atoms with Crippen molar-refractivity contribution in [3.05, 3.63) is 30.1 Å². The quantitative estimate of drug-likeness (QED) is 0.787. The molecule has 0 radical (unpaired) electrons. The third-order valence-electron chi connectivity index (χ3n) is 7.21. The minimum Gasteiger partial charge on any atom is -0.348 e. The predicted molar refractivity (Wildman–Crippen MR) is 98.8 cm³/mol. The van der Waals surface area contributed by atoms with Gasteiger partial charge >= 0.3 is 0 Å². The van der Waals surface area contributed by atoms with Gasteiger partial charge in [0.15, 0.2) is 12.4 Å². The summed E-state index contributed by atoms with van der Waals surface area (Å²) in [7, 11) is 0. The minimum absolute atomic E-state index is 0.163. The van der Waals surface area contributed by atoms with E-state index in [-0.39, 0.29) is 5.91 Å². The Labute approximate surface area is 152 Å². The zero-order valence-electron chi connectivity index (χ0n) is 15.8. The van der Waals surface area contributed by atoms with Crippen molar-refractivity contribution in [3.8, 4) is 0 Å². The molecule has 4 aliphatic rings. The van der Waals surface area contributed by atoms with Crippen LogP contribution in [0.3, 0.4) is 0 Å². The zero-order valence-corrected chi connectivity index (χ0v) is 15.8. The van der Waals surface area contributed by atoms with E-state index >= 15 is 0 Å². The Kier molecular flexibility index (Phi) is 4.59. The van der Waals surface area contributed by atoms with Gasteiger partial charge in [0, 0.05) is 18.2 Å². The lowest BCUT2D eigenvalue weighted by Gasteiger charge is -2.59. The zero-order chi connectivity index (χ0) is 17.4. The van der Waals surface area contributed by atoms with Crippen LogP contribution in [-0.4, -0.2) is 11.9 Å². The topological polar surface area (TPSA) is 33.0 Å². The average molecular weight is 342 g/mol. The maximum atomic E-state index is 12.6. The van der Waals surface area contributed by atoms with Crippen LogP contribution in [0, 0.1) is 23.2 Å². The first-order valence-corrected chi connectivity index (χ1v) is 10.3. The maximum Gasteiger partial charge on any atom is 0.286 e. The molecule has 1 amide bonds. The fourth-order valence-corrected chi connectivity index (χ4v) is 6.36. The number of carbonyl (C=O) groups excluding carboxylic acids is 1. The van der Waals surface area contributed by atoms with Crippen LogP contribution in [0.1, 0.15) is 64.4 Å². The molecule has 4 saturated carbocycles. The van der Waals surface area contributed by atoms with Crippen molar-refractivity contribution in [3.63, 3.8) is 0 Å². The second kappa shape index (κ2) is 6.74. The monoisotopic (exact) mass is 341 g/mol. The fraction of sp³-hybridized carbons (Fsp3) is 0.727. The summed E-state index contributed by atoms with van der Waals surface area (Å²) in [6.07, 6.45) is 14.8. The third-order valence-corrected chi connectivity index (χ3v) is 7.21. The number of carbonyl (C=O) groups is 1. The van der Waals surface area contributed by atoms with Crippen LogP contribution in [0.2, 0.25) is 0 Å². The highest BCUT2D eigenvalue weighted by molar-refractivity contribution is 5.74. The van der Waals surface area contributed by atoms with E-state index in [0.29, 0.717) is 18.0 Å². The van der Waals surface area contributed by atoms with Crippen molar-refractivity contribution < 1.29 is 9.36 Å². The third kappa shape index (κ3) is 3.47. The summed E-state index contributed by atoms with van der Waals surface area (Å²) in [5, 5.41) is 3.37. The molecule has 4 bridgehead atoms. The fourth-order valence-electron chi connectivity index (χ4n) is 6.36. The van der Waals surface area contributed by atoms with Gasteiger partial charge in [-0.1, -0.05) is 13.3 Å². The summed E-state index contributed by atoms with van der Waals surface area (Å²) in [5.74, 6) is 2.97. The summed E-state index contributed by atoms with van der Waals surface area (Å²) in [6.45, 7) is 4.89. The van der Waals surface area contributed by atoms with Crippen LogP contribution < -0.4 is 9.88 Å². The second-order valence-corrected chi connectivity index (χ2v) is 9.20. The molecule has 4 aliphatic carbocycles. The van der Waals surface area contributed by atoms with Gasteiger partial charge in [0.25, 0.3) is 5.91 Å². The molecular formula is C22H33N2O+. The minimum atomic E-state index is 0.163. The van der Waals surface area contributed by atoms with Crippen LogP contribution in [0.25, 0.3) is 0 Å². The van der Waals surface area contributed by atoms with E-state index in [1.165, 1.54) is 44.1 Å². The predicted octanol–water partition coefficient (Wildman–Crippen LogP) is 3.65. The van der Waals surface area contributed by atoms with E-state index in [1.54, 1.807) is 0 Å². The van der Waals surface area contributed by atoms with Crippen molar-refractivity contribution in [1.29, 1.82) is 0 Å². The molecular weight excluding hydrogens is 308 g/mol. The maximum absolute atomic E-state index is 12.6. The molecule has 5 rings (SSSR count). The van der Waals surface area contributed by atoms with Crippen molar-refractivity contribution in [2.24, 2.45) is 23.2 Å². The number of aromatic nitrogens is 1. The van der Waals surface area contributed by atoms with Crippen molar-refractivity contribution in [2.75, 3.05) is 0 Å². The molecule has 1 aromatic heterocycles. The Hall–Kier alpha value is -1.38. The van der Waals surface area contributed by atoms with Crippen LogP contribution in [-0.2, 0) is 17.8 Å². The molecule has 25 heavy (non-hydrogen) atoms. The standard InChI is InChI=1S/C22H32N2O/c1-3-4-17-5-7-24(8-6-17)15-21(25)23-16(2)22-12-18-9-19(13-22)11-20(10-18)14-22/h5-8,16,18-20H,3-4,9-15H2,1-2H3/p+1/t16-,18?,19?,20?,22?/m0/s1. The number of hydrogen-bond donors (Lipinski definition) is 1. The molecule has 0 spiro atoms. The number of amides is 1. The molecule has 1 aromatic rings. The number of pyridine rings is 1. The smallest absolute Gasteiger partial charge is 0.286 e. The van der Waals surface area contributed by atoms with E-state index in [2.05, 4.69) is 31.3 Å². The van der Waals surface area contributed by atoms with E-state index in [1.807, 2.05) is 17.0 Å². The molecule has 3 nitrogen and oxygen atoms in total. The number of rotatable bonds is 6. The number of hydrogen-bond acceptors (Lipinski definition) is 1. The molecule has 0 unspecified atom stereocenters. The van der Waals surface area contributed by atoms with Gasteiger partial charge < -0.3 is 5.32 Å². The Morgan fingerprint density at radius 1 is 1.16 bits per heavy atom. The van der Waals surface area contributed by atoms with E-state index in [4.69, 9.17) is 0 Å². The van der Waals surface area contributed by atoms with Crippen LogP contribution in [0.4, 0.5) is 0 Å². The molecule has 1 heterocycles. The van der Waals surface area contributed by atoms with E-state index in [0.717, 1.165) is 30.6 Å². The van der Waals surface area contributed by atoms with Crippen molar-refractivity contribution >= 4 is 5.91 Å². The van der Waals surface area contributed by atoms with Crippen LogP contribution in [0.15, 0.2) is 24.5 Å². The van der Waals surface area contributed by atoms with Crippen LogP contribution >= 0.6 is 0 Å². The first kappa shape index (κ1) is 17.1. The van der Waals surface area contributed by atoms with Gasteiger partial charge in [0.1, 0.15) is 0 Å². The average Bonchev–Trinajstić information content (AvgIpc) is 2.55. The molecule has 1 N–H and O–H groups in total. The molecule has 1 atom stereocenters. The van der Waals surface area contributed by atoms with Gasteiger partial charge in [-0.2, -0.15) is 4.57 Å². The Balaban J connectivity index is 1.36. The lowest BCUT2D eigenvalue weighted by Crippen LogP contribution is -2.57. The lowest BCUT2D eigenvalue weighted by molar-refractivity contribution is -0.684. The highest BCUT2D eigenvalue weighted by atomic mass is 16.2. The summed E-state index contributed by atoms with van der Waals surface area (Å²) in [6, 6.07) is 4.59. The van der Waals surface area contributed by atoms with Gasteiger partial charge in [-0.25, -0.2) is 0 Å². The number of nitrogens with zero attached hydrogens (tertiary/aromatic N) is 1. The Morgan fingerprint density at radius 3 is 2.24 bits per heavy atom. The molecule has 0 aromatic carbocycles. The first-order chi connectivity index (χ1) is 12.1. The lowest BCUT2D eigenvalue weighted by atomic mass is 9.48. The second-order valence-electron chi connectivity index (χ2n) is 9.20. The summed E-state index contributed by atoms with van der Waals surface area (Å²) >= 11 is 0. The van der Waals surface area contributed by atoms with E-state index < -0.39 is 0 Å². The molecule has 3 heteroatoms. The SMILES string of the molecule is CCCc1cc[n+](CC(=O)N[C@@H](C)C23CC4CC(CC(C4)C2)C3)cc1. The molecule has 136 valence electrons. The highest BCUT2D eigenvalue weighted by Crippen LogP contribution is 2.61. The van der Waals surface area contributed by atoms with Gasteiger partial charge in [0.05, 0.1) is 0 Å². The summed E-state index contributed by atoms with van der Waals surface area (Å²) in [4.78, 5) is 12.6. The van der Waals surface area contributed by atoms with Gasteiger partial charge in [0.2, 0.25) is 6.54 Å². The highest BCUT2D eigenvalue weighted by Gasteiger charge is 2.53. The van der Waals surface area contributed by atoms with Gasteiger partial charge in [-0.05, 0) is 80.6 Å².